The summed E-state index contributed by atoms with van der Waals surface area (Å²) in [5, 5.41) is 0. The fraction of sp³-hybridized carbons (Fsp3) is 0.250. The number of rotatable bonds is 0. The summed E-state index contributed by atoms with van der Waals surface area (Å²) < 4.78 is 73.6. The molecule has 0 fully saturated rings. The highest BCUT2D eigenvalue weighted by Gasteiger charge is 2.44. The molecule has 0 aliphatic heterocycles. The maximum absolute atomic E-state index is 12.4. The third kappa shape index (κ3) is 2.60. The number of hydrogen-bond donors (Lipinski definition) is 1. The Morgan fingerprint density at radius 1 is 0.938 bits per heavy atom. The molecule has 90 valence electrons. The summed E-state index contributed by atoms with van der Waals surface area (Å²) in [7, 11) is 0. The Hall–Kier alpha value is -0.920. The van der Waals surface area contributed by atoms with Crippen LogP contribution in [0.25, 0.3) is 0 Å². The van der Waals surface area contributed by atoms with E-state index in [9.17, 15) is 26.3 Å². The van der Waals surface area contributed by atoms with Crippen LogP contribution in [0.3, 0.4) is 0 Å². The summed E-state index contributed by atoms with van der Waals surface area (Å²) >= 11 is 2.43. The first-order valence-corrected chi connectivity index (χ1v) is 4.56. The molecule has 16 heavy (non-hydrogen) atoms. The van der Waals surface area contributed by atoms with Gasteiger partial charge in [-0.3, -0.25) is 0 Å². The highest BCUT2D eigenvalue weighted by atomic mass is 79.9. The molecule has 0 aliphatic rings. The lowest BCUT2D eigenvalue weighted by atomic mass is 10.1. The summed E-state index contributed by atoms with van der Waals surface area (Å²) in [6, 6.07) is 1.03. The first-order valence-electron chi connectivity index (χ1n) is 3.77. The second-order valence-electron chi connectivity index (χ2n) is 2.92. The minimum absolute atomic E-state index is 0.258. The second kappa shape index (κ2) is 3.83. The van der Waals surface area contributed by atoms with Gasteiger partial charge in [0.25, 0.3) is 0 Å². The van der Waals surface area contributed by atoms with Gasteiger partial charge < -0.3 is 5.73 Å². The maximum Gasteiger partial charge on any atom is 0.418 e. The molecule has 2 N–H and O–H groups in total. The topological polar surface area (TPSA) is 26.0 Å². The number of benzene rings is 1. The average molecular weight is 308 g/mol. The number of alkyl halides is 6. The van der Waals surface area contributed by atoms with E-state index in [1.807, 2.05) is 0 Å². The highest BCUT2D eigenvalue weighted by molar-refractivity contribution is 9.10. The molecule has 0 saturated heterocycles. The van der Waals surface area contributed by atoms with Gasteiger partial charge in [-0.15, -0.1) is 0 Å². The van der Waals surface area contributed by atoms with Crippen LogP contribution in [0.4, 0.5) is 32.0 Å². The lowest BCUT2D eigenvalue weighted by Crippen LogP contribution is -2.17. The molecule has 1 aromatic carbocycles. The third-order valence-corrected chi connectivity index (χ3v) is 2.33. The van der Waals surface area contributed by atoms with E-state index in [4.69, 9.17) is 5.73 Å². The molecule has 0 unspecified atom stereocenters. The van der Waals surface area contributed by atoms with E-state index in [1.54, 1.807) is 0 Å². The van der Waals surface area contributed by atoms with Crippen LogP contribution in [-0.4, -0.2) is 0 Å². The van der Waals surface area contributed by atoms with E-state index >= 15 is 0 Å². The van der Waals surface area contributed by atoms with Crippen LogP contribution in [0.5, 0.6) is 0 Å². The van der Waals surface area contributed by atoms with Crippen molar-refractivity contribution in [2.45, 2.75) is 12.4 Å². The van der Waals surface area contributed by atoms with E-state index in [0.29, 0.717) is 0 Å². The number of halogens is 7. The molecule has 0 atom stereocenters. The van der Waals surface area contributed by atoms with E-state index in [-0.39, 0.29) is 6.07 Å². The molecule has 0 spiro atoms. The standard InChI is InChI=1S/C8H4BrF6N/c9-5-2-3(16)1-4(7(10,11)12)6(5)8(13,14)15/h1-2H,16H2. The van der Waals surface area contributed by atoms with E-state index in [2.05, 4.69) is 15.9 Å². The molecule has 0 radical (unpaired) electrons. The smallest absolute Gasteiger partial charge is 0.399 e. The average Bonchev–Trinajstić information content (AvgIpc) is 1.97. The Bertz CT molecular complexity index is 408. The Labute approximate surface area is 94.4 Å². The number of nitrogens with two attached hydrogens (primary N) is 1. The maximum atomic E-state index is 12.4. The Kier molecular flexibility index (Phi) is 3.15. The summed E-state index contributed by atoms with van der Waals surface area (Å²) in [5.74, 6) is 0. The van der Waals surface area contributed by atoms with Crippen molar-refractivity contribution in [1.29, 1.82) is 0 Å². The van der Waals surface area contributed by atoms with Crippen molar-refractivity contribution < 1.29 is 26.3 Å². The number of hydrogen-bond acceptors (Lipinski definition) is 1. The van der Waals surface area contributed by atoms with Crippen LogP contribution in [0.15, 0.2) is 16.6 Å². The zero-order valence-electron chi connectivity index (χ0n) is 7.38. The quantitative estimate of drug-likeness (QED) is 0.567. The lowest BCUT2D eigenvalue weighted by molar-refractivity contribution is -0.162. The Morgan fingerprint density at radius 3 is 1.81 bits per heavy atom. The summed E-state index contributed by atoms with van der Waals surface area (Å²) in [5.41, 5.74) is 1.11. The van der Waals surface area contributed by atoms with Crippen molar-refractivity contribution in [3.05, 3.63) is 27.7 Å². The first kappa shape index (κ1) is 13.1. The minimum atomic E-state index is -5.11. The van der Waals surface area contributed by atoms with Gasteiger partial charge in [-0.1, -0.05) is 15.9 Å². The first-order chi connectivity index (χ1) is 7.03. The van der Waals surface area contributed by atoms with Crippen LogP contribution < -0.4 is 5.73 Å². The Morgan fingerprint density at radius 2 is 1.44 bits per heavy atom. The van der Waals surface area contributed by atoms with Gasteiger partial charge in [-0.25, -0.2) is 0 Å². The van der Waals surface area contributed by atoms with Crippen molar-refractivity contribution in [2.75, 3.05) is 5.73 Å². The summed E-state index contributed by atoms with van der Waals surface area (Å²) in [4.78, 5) is 0. The molecule has 0 bridgehead atoms. The predicted molar refractivity (Wildman–Crippen MR) is 48.6 cm³/mol. The van der Waals surface area contributed by atoms with Crippen LogP contribution in [0.2, 0.25) is 0 Å². The van der Waals surface area contributed by atoms with E-state index in [1.165, 1.54) is 0 Å². The third-order valence-electron chi connectivity index (χ3n) is 1.70. The molecule has 1 rings (SSSR count). The molecule has 0 heterocycles. The second-order valence-corrected chi connectivity index (χ2v) is 3.78. The van der Waals surface area contributed by atoms with Crippen molar-refractivity contribution in [2.24, 2.45) is 0 Å². The van der Waals surface area contributed by atoms with Gasteiger partial charge in [-0.2, -0.15) is 26.3 Å². The van der Waals surface area contributed by atoms with Crippen LogP contribution in [0.1, 0.15) is 11.1 Å². The van der Waals surface area contributed by atoms with Crippen LogP contribution in [0, 0.1) is 0 Å². The van der Waals surface area contributed by atoms with Crippen molar-refractivity contribution >= 4 is 21.6 Å². The van der Waals surface area contributed by atoms with Gasteiger partial charge in [0.15, 0.2) is 0 Å². The molecule has 1 nitrogen and oxygen atoms in total. The molecule has 0 amide bonds. The molecular formula is C8H4BrF6N. The van der Waals surface area contributed by atoms with Crippen molar-refractivity contribution in [3.63, 3.8) is 0 Å². The fourth-order valence-electron chi connectivity index (χ4n) is 1.14. The van der Waals surface area contributed by atoms with Gasteiger partial charge in [0.05, 0.1) is 11.1 Å². The van der Waals surface area contributed by atoms with Crippen LogP contribution in [-0.2, 0) is 12.4 Å². The fourth-order valence-corrected chi connectivity index (χ4v) is 1.84. The van der Waals surface area contributed by atoms with E-state index < -0.39 is 33.6 Å². The minimum Gasteiger partial charge on any atom is -0.399 e. The monoisotopic (exact) mass is 307 g/mol. The predicted octanol–water partition coefficient (Wildman–Crippen LogP) is 4.07. The zero-order chi connectivity index (χ0) is 12.7. The van der Waals surface area contributed by atoms with Gasteiger partial charge in [0.2, 0.25) is 0 Å². The van der Waals surface area contributed by atoms with Gasteiger partial charge in [-0.05, 0) is 12.1 Å². The molecule has 8 heteroatoms. The normalized spacial score (nSPS) is 12.9. The highest BCUT2D eigenvalue weighted by Crippen LogP contribution is 2.44. The SMILES string of the molecule is Nc1cc(Br)c(C(F)(F)F)c(C(F)(F)F)c1. The zero-order valence-corrected chi connectivity index (χ0v) is 8.96. The molecular weight excluding hydrogens is 304 g/mol. The summed E-state index contributed by atoms with van der Waals surface area (Å²) in [6.07, 6.45) is -10.2. The van der Waals surface area contributed by atoms with Crippen molar-refractivity contribution in [1.82, 2.24) is 0 Å². The largest absolute Gasteiger partial charge is 0.418 e. The molecule has 0 aliphatic carbocycles. The van der Waals surface area contributed by atoms with Gasteiger partial charge in [0.1, 0.15) is 0 Å². The van der Waals surface area contributed by atoms with Gasteiger partial charge in [0, 0.05) is 10.2 Å². The molecule has 0 saturated carbocycles. The number of nitrogen functional groups attached to an aromatic ring is 1. The van der Waals surface area contributed by atoms with Gasteiger partial charge >= 0.3 is 12.4 Å². The van der Waals surface area contributed by atoms with Crippen molar-refractivity contribution in [3.8, 4) is 0 Å². The number of anilines is 1. The summed E-state index contributed by atoms with van der Waals surface area (Å²) in [6.45, 7) is 0. The van der Waals surface area contributed by atoms with E-state index in [0.717, 1.165) is 6.07 Å². The molecule has 1 aromatic rings. The molecule has 0 aromatic heterocycles. The van der Waals surface area contributed by atoms with Crippen LogP contribution >= 0.6 is 15.9 Å². The lowest BCUT2D eigenvalue weighted by Gasteiger charge is -2.17. The Balaban J connectivity index is 3.58.